The fourth-order valence-electron chi connectivity index (χ4n) is 4.07. The number of hydrogen-bond acceptors (Lipinski definition) is 2. The van der Waals surface area contributed by atoms with Crippen LogP contribution in [0.2, 0.25) is 0 Å². The summed E-state index contributed by atoms with van der Waals surface area (Å²) in [5.74, 6) is 0.890. The Hall–Kier alpha value is -1.51. The average molecular weight is 272 g/mol. The van der Waals surface area contributed by atoms with E-state index in [1.807, 2.05) is 25.1 Å². The van der Waals surface area contributed by atoms with E-state index in [1.165, 1.54) is 25.7 Å². The predicted molar refractivity (Wildman–Crippen MR) is 81.6 cm³/mol. The Kier molecular flexibility index (Phi) is 3.45. The highest BCUT2D eigenvalue weighted by molar-refractivity contribution is 5.97. The van der Waals surface area contributed by atoms with Gasteiger partial charge in [0.2, 0.25) is 0 Å². The normalized spacial score (nSPS) is 29.3. The lowest BCUT2D eigenvalue weighted by Gasteiger charge is -2.33. The first-order valence-electron chi connectivity index (χ1n) is 7.76. The van der Waals surface area contributed by atoms with E-state index in [-0.39, 0.29) is 5.91 Å². The van der Waals surface area contributed by atoms with Crippen molar-refractivity contribution in [1.82, 2.24) is 4.90 Å². The van der Waals surface area contributed by atoms with Crippen LogP contribution in [0.4, 0.5) is 5.69 Å². The van der Waals surface area contributed by atoms with Crippen molar-refractivity contribution in [2.75, 3.05) is 5.73 Å². The molecule has 0 bridgehead atoms. The van der Waals surface area contributed by atoms with E-state index in [9.17, 15) is 4.79 Å². The van der Waals surface area contributed by atoms with Gasteiger partial charge in [0.1, 0.15) is 0 Å². The lowest BCUT2D eigenvalue weighted by molar-refractivity contribution is 0.0633. The first-order valence-corrected chi connectivity index (χ1v) is 7.76. The summed E-state index contributed by atoms with van der Waals surface area (Å²) in [6.45, 7) is 4.18. The zero-order valence-electron chi connectivity index (χ0n) is 12.4. The number of rotatable bonds is 1. The first kappa shape index (κ1) is 13.5. The van der Waals surface area contributed by atoms with E-state index in [4.69, 9.17) is 5.73 Å². The van der Waals surface area contributed by atoms with Crippen molar-refractivity contribution >= 4 is 11.6 Å². The molecule has 0 radical (unpaired) electrons. The first-order chi connectivity index (χ1) is 9.58. The van der Waals surface area contributed by atoms with Crippen molar-refractivity contribution in [3.05, 3.63) is 29.3 Å². The molecular weight excluding hydrogens is 248 g/mol. The summed E-state index contributed by atoms with van der Waals surface area (Å²) in [4.78, 5) is 15.1. The van der Waals surface area contributed by atoms with Crippen LogP contribution in [-0.2, 0) is 0 Å². The molecule has 3 rings (SSSR count). The van der Waals surface area contributed by atoms with Crippen LogP contribution in [0.5, 0.6) is 0 Å². The summed E-state index contributed by atoms with van der Waals surface area (Å²) in [5.41, 5.74) is 8.34. The Morgan fingerprint density at radius 3 is 2.85 bits per heavy atom. The molecule has 1 aliphatic heterocycles. The SMILES string of the molecule is Cc1ccc(N)cc1C(=O)N1C(C)CC2CCCCC21. The van der Waals surface area contributed by atoms with E-state index >= 15 is 0 Å². The molecule has 2 N–H and O–H groups in total. The van der Waals surface area contributed by atoms with Gasteiger partial charge in [0, 0.05) is 23.3 Å². The Morgan fingerprint density at radius 1 is 1.30 bits per heavy atom. The number of nitrogen functional groups attached to an aromatic ring is 1. The second-order valence-electron chi connectivity index (χ2n) is 6.48. The maximum absolute atomic E-state index is 13.0. The van der Waals surface area contributed by atoms with Crippen LogP contribution in [-0.4, -0.2) is 22.9 Å². The molecule has 1 aliphatic carbocycles. The molecule has 1 aromatic rings. The van der Waals surface area contributed by atoms with Crippen LogP contribution in [0.25, 0.3) is 0 Å². The van der Waals surface area contributed by atoms with Crippen LogP contribution in [0.1, 0.15) is 54.9 Å². The fraction of sp³-hybridized carbons (Fsp3) is 0.588. The number of anilines is 1. The molecule has 3 atom stereocenters. The largest absolute Gasteiger partial charge is 0.399 e. The molecule has 3 heteroatoms. The fourth-order valence-corrected chi connectivity index (χ4v) is 4.07. The molecule has 0 spiro atoms. The van der Waals surface area contributed by atoms with Crippen LogP contribution in [0.15, 0.2) is 18.2 Å². The monoisotopic (exact) mass is 272 g/mol. The third-order valence-electron chi connectivity index (χ3n) is 5.07. The molecule has 3 nitrogen and oxygen atoms in total. The lowest BCUT2D eigenvalue weighted by Crippen LogP contribution is -2.42. The minimum Gasteiger partial charge on any atom is -0.399 e. The highest BCUT2D eigenvalue weighted by atomic mass is 16.2. The van der Waals surface area contributed by atoms with Crippen LogP contribution >= 0.6 is 0 Å². The van der Waals surface area contributed by atoms with Crippen molar-refractivity contribution in [2.45, 2.75) is 58.0 Å². The summed E-state index contributed by atoms with van der Waals surface area (Å²) in [6, 6.07) is 6.45. The number of benzene rings is 1. The number of carbonyl (C=O) groups is 1. The smallest absolute Gasteiger partial charge is 0.254 e. The van der Waals surface area contributed by atoms with Gasteiger partial charge in [0.25, 0.3) is 5.91 Å². The number of nitrogens with zero attached hydrogens (tertiary/aromatic N) is 1. The van der Waals surface area contributed by atoms with Crippen LogP contribution in [0, 0.1) is 12.8 Å². The van der Waals surface area contributed by atoms with E-state index in [0.717, 1.165) is 17.5 Å². The third kappa shape index (κ3) is 2.19. The Morgan fingerprint density at radius 2 is 2.05 bits per heavy atom. The minimum absolute atomic E-state index is 0.178. The van der Waals surface area contributed by atoms with Crippen molar-refractivity contribution in [2.24, 2.45) is 5.92 Å². The molecule has 1 saturated carbocycles. The maximum atomic E-state index is 13.0. The Labute approximate surface area is 121 Å². The van der Waals surface area contributed by atoms with Crippen molar-refractivity contribution in [3.63, 3.8) is 0 Å². The number of fused-ring (bicyclic) bond motifs is 1. The second kappa shape index (κ2) is 5.12. The van der Waals surface area contributed by atoms with Gasteiger partial charge in [0.15, 0.2) is 0 Å². The Bertz CT molecular complexity index is 526. The molecule has 108 valence electrons. The number of aryl methyl sites for hydroxylation is 1. The molecule has 1 heterocycles. The third-order valence-corrected chi connectivity index (χ3v) is 5.07. The predicted octanol–water partition coefficient (Wildman–Crippen LogP) is 3.37. The van der Waals surface area contributed by atoms with Crippen molar-refractivity contribution in [3.8, 4) is 0 Å². The molecular formula is C17H24N2O. The van der Waals surface area contributed by atoms with Gasteiger partial charge < -0.3 is 10.6 Å². The van der Waals surface area contributed by atoms with Gasteiger partial charge in [-0.2, -0.15) is 0 Å². The summed E-state index contributed by atoms with van der Waals surface area (Å²) in [6.07, 6.45) is 6.20. The Balaban J connectivity index is 1.91. The van der Waals surface area contributed by atoms with E-state index < -0.39 is 0 Å². The van der Waals surface area contributed by atoms with Gasteiger partial charge in [-0.05, 0) is 56.7 Å². The standard InChI is InChI=1S/C17H24N2O/c1-11-7-8-14(18)10-15(11)17(20)19-12(2)9-13-5-3-4-6-16(13)19/h7-8,10,12-13,16H,3-6,9,18H2,1-2H3. The number of carbonyl (C=O) groups excluding carboxylic acids is 1. The van der Waals surface area contributed by atoms with E-state index in [2.05, 4.69) is 11.8 Å². The highest BCUT2D eigenvalue weighted by Crippen LogP contribution is 2.40. The molecule has 2 fully saturated rings. The summed E-state index contributed by atoms with van der Waals surface area (Å²) in [5, 5.41) is 0. The van der Waals surface area contributed by atoms with Crippen molar-refractivity contribution in [1.29, 1.82) is 0 Å². The van der Waals surface area contributed by atoms with Crippen LogP contribution in [0.3, 0.4) is 0 Å². The van der Waals surface area contributed by atoms with Gasteiger partial charge in [-0.25, -0.2) is 0 Å². The zero-order valence-corrected chi connectivity index (χ0v) is 12.4. The lowest BCUT2D eigenvalue weighted by atomic mass is 9.84. The van der Waals surface area contributed by atoms with Gasteiger partial charge in [0.05, 0.1) is 0 Å². The number of likely N-dealkylation sites (tertiary alicyclic amines) is 1. The quantitative estimate of drug-likeness (QED) is 0.797. The molecule has 3 unspecified atom stereocenters. The summed E-state index contributed by atoms with van der Waals surface area (Å²) >= 11 is 0. The van der Waals surface area contributed by atoms with E-state index in [1.54, 1.807) is 0 Å². The van der Waals surface area contributed by atoms with Crippen LogP contribution < -0.4 is 5.73 Å². The van der Waals surface area contributed by atoms with Gasteiger partial charge in [-0.3, -0.25) is 4.79 Å². The molecule has 1 saturated heterocycles. The van der Waals surface area contributed by atoms with Crippen molar-refractivity contribution < 1.29 is 4.79 Å². The van der Waals surface area contributed by atoms with Gasteiger partial charge in [-0.1, -0.05) is 18.9 Å². The highest BCUT2D eigenvalue weighted by Gasteiger charge is 2.42. The second-order valence-corrected chi connectivity index (χ2v) is 6.48. The molecule has 1 aromatic carbocycles. The zero-order chi connectivity index (χ0) is 14.3. The number of nitrogens with two attached hydrogens (primary N) is 1. The van der Waals surface area contributed by atoms with Gasteiger partial charge >= 0.3 is 0 Å². The summed E-state index contributed by atoms with van der Waals surface area (Å²) in [7, 11) is 0. The molecule has 20 heavy (non-hydrogen) atoms. The summed E-state index contributed by atoms with van der Waals surface area (Å²) < 4.78 is 0. The number of hydrogen-bond donors (Lipinski definition) is 1. The molecule has 1 amide bonds. The molecule has 2 aliphatic rings. The average Bonchev–Trinajstić information content (AvgIpc) is 2.76. The minimum atomic E-state index is 0.178. The topological polar surface area (TPSA) is 46.3 Å². The number of amides is 1. The molecule has 0 aromatic heterocycles. The van der Waals surface area contributed by atoms with Gasteiger partial charge in [-0.15, -0.1) is 0 Å². The van der Waals surface area contributed by atoms with E-state index in [0.29, 0.717) is 23.7 Å². The maximum Gasteiger partial charge on any atom is 0.254 e.